The molecule has 0 bridgehead atoms. The minimum absolute atomic E-state index is 0.296. The van der Waals surface area contributed by atoms with Crippen molar-refractivity contribution in [3.63, 3.8) is 0 Å². The Morgan fingerprint density at radius 2 is 1.14 bits per heavy atom. The molecule has 0 amide bonds. The molecule has 2 unspecified atom stereocenters. The Hall–Kier alpha value is -1.14. The van der Waals surface area contributed by atoms with Crippen LogP contribution in [0.2, 0.25) is 0 Å². The molecule has 0 rings (SSSR count). The van der Waals surface area contributed by atoms with E-state index in [2.05, 4.69) is 0 Å². The first kappa shape index (κ1) is 19.9. The summed E-state index contributed by atoms with van der Waals surface area (Å²) in [5.74, 6) is -1.08. The summed E-state index contributed by atoms with van der Waals surface area (Å²) in [6.45, 7) is 4.04. The largest absolute Gasteiger partial charge is 0.446 e. The van der Waals surface area contributed by atoms with E-state index in [-0.39, 0.29) is 18.9 Å². The van der Waals surface area contributed by atoms with Crippen molar-refractivity contribution in [2.24, 2.45) is 0 Å². The van der Waals surface area contributed by atoms with E-state index in [0.29, 0.717) is 0 Å². The second-order valence-corrected chi connectivity index (χ2v) is 5.57. The average Bonchev–Trinajstić information content (AvgIpc) is 2.37. The molecule has 0 heterocycles. The van der Waals surface area contributed by atoms with Crippen molar-refractivity contribution in [2.45, 2.75) is 58.4 Å². The maximum absolute atomic E-state index is 11.8. The molecule has 0 fully saturated rings. The number of carbonyl (C=O) groups is 2. The van der Waals surface area contributed by atoms with Crippen LogP contribution >= 0.6 is 0 Å². The highest BCUT2D eigenvalue weighted by Gasteiger charge is 2.22. The highest BCUT2D eigenvalue weighted by molar-refractivity contribution is 5.91. The van der Waals surface area contributed by atoms with E-state index < -0.39 is 11.9 Å². The Balaban J connectivity index is 4.33. The number of ether oxygens (including phenoxy) is 2. The van der Waals surface area contributed by atoms with Gasteiger partial charge in [-0.05, 0) is 41.0 Å². The summed E-state index contributed by atoms with van der Waals surface area (Å²) < 4.78 is 10.6. The van der Waals surface area contributed by atoms with Crippen LogP contribution in [0.1, 0.15) is 46.0 Å². The van der Waals surface area contributed by atoms with Gasteiger partial charge in [-0.15, -0.1) is 0 Å². The number of hydrogen-bond acceptors (Lipinski definition) is 6. The number of nitrogens with zero attached hydrogens (tertiary/aromatic N) is 2. The molecule has 0 aromatic heterocycles. The molecule has 6 heteroatoms. The molecular weight excluding hydrogens is 272 g/mol. The zero-order valence-corrected chi connectivity index (χ0v) is 14.2. The third kappa shape index (κ3) is 8.67. The lowest BCUT2D eigenvalue weighted by atomic mass is 10.3. The monoisotopic (exact) mass is 302 g/mol. The summed E-state index contributed by atoms with van der Waals surface area (Å²) in [6, 6.07) is 0. The summed E-state index contributed by atoms with van der Waals surface area (Å²) in [4.78, 5) is 27.2. The summed E-state index contributed by atoms with van der Waals surface area (Å²) in [5, 5.41) is 0. The van der Waals surface area contributed by atoms with E-state index >= 15 is 0 Å². The Labute approximate surface area is 128 Å². The van der Waals surface area contributed by atoms with Crippen LogP contribution in [-0.2, 0) is 19.1 Å². The predicted octanol–water partition coefficient (Wildman–Crippen LogP) is 1.84. The summed E-state index contributed by atoms with van der Waals surface area (Å²) in [6.07, 6.45) is 2.35. The fourth-order valence-electron chi connectivity index (χ4n) is 1.84. The van der Waals surface area contributed by atoms with E-state index in [0.717, 1.165) is 25.7 Å². The van der Waals surface area contributed by atoms with Gasteiger partial charge in [-0.1, -0.05) is 26.7 Å². The standard InChI is InChI=1S/C15H30N2O4/c1-7-9-12(16(3)4)20-14(18)11-15(19)21-13(10-8-2)17(5)6/h12-13H,7-11H2,1-6H3. The van der Waals surface area contributed by atoms with Crippen LogP contribution in [0.5, 0.6) is 0 Å². The molecular formula is C15H30N2O4. The van der Waals surface area contributed by atoms with Gasteiger partial charge in [0, 0.05) is 0 Å². The Kier molecular flexibility index (Phi) is 9.99. The maximum Gasteiger partial charge on any atom is 0.318 e. The van der Waals surface area contributed by atoms with Crippen molar-refractivity contribution in [3.8, 4) is 0 Å². The molecule has 0 aliphatic rings. The molecule has 0 saturated carbocycles. The summed E-state index contributed by atoms with van der Waals surface area (Å²) in [5.41, 5.74) is 0. The Morgan fingerprint density at radius 1 is 0.810 bits per heavy atom. The van der Waals surface area contributed by atoms with Gasteiger partial charge < -0.3 is 9.47 Å². The molecule has 0 radical (unpaired) electrons. The lowest BCUT2D eigenvalue weighted by molar-refractivity contribution is -0.169. The van der Waals surface area contributed by atoms with Gasteiger partial charge in [0.1, 0.15) is 6.42 Å². The number of carbonyl (C=O) groups excluding carboxylic acids is 2. The van der Waals surface area contributed by atoms with Gasteiger partial charge in [-0.2, -0.15) is 0 Å². The minimum Gasteiger partial charge on any atom is -0.446 e. The smallest absolute Gasteiger partial charge is 0.318 e. The van der Waals surface area contributed by atoms with Crippen LogP contribution in [-0.4, -0.2) is 62.4 Å². The number of hydrogen-bond donors (Lipinski definition) is 0. The fourth-order valence-corrected chi connectivity index (χ4v) is 1.84. The van der Waals surface area contributed by atoms with Gasteiger partial charge in [0.2, 0.25) is 0 Å². The molecule has 0 aliphatic carbocycles. The zero-order chi connectivity index (χ0) is 16.4. The molecule has 0 N–H and O–H groups in total. The number of esters is 2. The lowest BCUT2D eigenvalue weighted by Gasteiger charge is -2.25. The summed E-state index contributed by atoms with van der Waals surface area (Å²) in [7, 11) is 7.37. The van der Waals surface area contributed by atoms with Crippen molar-refractivity contribution in [2.75, 3.05) is 28.2 Å². The first-order chi connectivity index (χ1) is 9.81. The van der Waals surface area contributed by atoms with Crippen molar-refractivity contribution >= 4 is 11.9 Å². The molecule has 0 aromatic rings. The molecule has 124 valence electrons. The Morgan fingerprint density at radius 3 is 1.38 bits per heavy atom. The van der Waals surface area contributed by atoms with E-state index in [1.54, 1.807) is 0 Å². The van der Waals surface area contributed by atoms with E-state index in [4.69, 9.17) is 9.47 Å². The van der Waals surface area contributed by atoms with Crippen LogP contribution in [0.15, 0.2) is 0 Å². The normalized spacial score (nSPS) is 14.1. The van der Waals surface area contributed by atoms with Crippen molar-refractivity contribution in [3.05, 3.63) is 0 Å². The second kappa shape index (κ2) is 10.6. The third-order valence-electron chi connectivity index (χ3n) is 3.05. The molecule has 2 atom stereocenters. The van der Waals surface area contributed by atoms with E-state index in [1.807, 2.05) is 51.8 Å². The van der Waals surface area contributed by atoms with E-state index in [1.165, 1.54) is 0 Å². The van der Waals surface area contributed by atoms with Gasteiger partial charge >= 0.3 is 11.9 Å². The highest BCUT2D eigenvalue weighted by atomic mass is 16.6. The van der Waals surface area contributed by atoms with Crippen molar-refractivity contribution < 1.29 is 19.1 Å². The van der Waals surface area contributed by atoms with Crippen LogP contribution in [0.3, 0.4) is 0 Å². The predicted molar refractivity (Wildman–Crippen MR) is 81.6 cm³/mol. The zero-order valence-electron chi connectivity index (χ0n) is 14.2. The third-order valence-corrected chi connectivity index (χ3v) is 3.05. The lowest BCUT2D eigenvalue weighted by Crippen LogP contribution is -2.35. The first-order valence-electron chi connectivity index (χ1n) is 7.53. The SMILES string of the molecule is CCCC(OC(=O)CC(=O)OC(CCC)N(C)C)N(C)C. The topological polar surface area (TPSA) is 59.1 Å². The molecule has 0 saturated heterocycles. The summed E-state index contributed by atoms with van der Waals surface area (Å²) >= 11 is 0. The number of rotatable bonds is 10. The van der Waals surface area contributed by atoms with Crippen LogP contribution in [0, 0.1) is 0 Å². The first-order valence-corrected chi connectivity index (χ1v) is 7.53. The molecule has 0 aliphatic heterocycles. The van der Waals surface area contributed by atoms with Crippen LogP contribution in [0.4, 0.5) is 0 Å². The fraction of sp³-hybridized carbons (Fsp3) is 0.867. The van der Waals surface area contributed by atoms with Gasteiger partial charge in [-0.3, -0.25) is 19.4 Å². The van der Waals surface area contributed by atoms with Gasteiger partial charge in [-0.25, -0.2) is 0 Å². The van der Waals surface area contributed by atoms with E-state index in [9.17, 15) is 9.59 Å². The molecule has 6 nitrogen and oxygen atoms in total. The highest BCUT2D eigenvalue weighted by Crippen LogP contribution is 2.09. The molecule has 21 heavy (non-hydrogen) atoms. The maximum atomic E-state index is 11.8. The van der Waals surface area contributed by atoms with Gasteiger partial charge in [0.05, 0.1) is 0 Å². The van der Waals surface area contributed by atoms with Gasteiger partial charge in [0.15, 0.2) is 12.5 Å². The van der Waals surface area contributed by atoms with Crippen LogP contribution < -0.4 is 0 Å². The Bertz CT molecular complexity index is 289. The quantitative estimate of drug-likeness (QED) is 0.349. The minimum atomic E-state index is -0.541. The van der Waals surface area contributed by atoms with Gasteiger partial charge in [0.25, 0.3) is 0 Å². The average molecular weight is 302 g/mol. The van der Waals surface area contributed by atoms with Crippen LogP contribution in [0.25, 0.3) is 0 Å². The van der Waals surface area contributed by atoms with Crippen molar-refractivity contribution in [1.29, 1.82) is 0 Å². The molecule has 0 aromatic carbocycles. The second-order valence-electron chi connectivity index (χ2n) is 5.57. The molecule has 0 spiro atoms. The van der Waals surface area contributed by atoms with Crippen molar-refractivity contribution in [1.82, 2.24) is 9.80 Å².